The maximum absolute atomic E-state index is 13.7. The number of anilines is 3. The molecule has 4 aliphatic rings. The van der Waals surface area contributed by atoms with Gasteiger partial charge in [0, 0.05) is 55.7 Å². The second kappa shape index (κ2) is 8.95. The molecule has 1 amide bonds. The number of likely N-dealkylation sites (tertiary alicyclic amines) is 1. The number of aromatic nitrogens is 4. The molecule has 0 radical (unpaired) electrons. The third kappa shape index (κ3) is 4.22. The Labute approximate surface area is 210 Å². The lowest BCUT2D eigenvalue weighted by Gasteiger charge is -2.40. The molecule has 2 aromatic rings. The van der Waals surface area contributed by atoms with Crippen LogP contribution >= 0.6 is 0 Å². The number of carbonyl (C=O) groups excluding carboxylic acids is 1. The Kier molecular flexibility index (Phi) is 5.87. The Morgan fingerprint density at radius 1 is 1.06 bits per heavy atom. The molecule has 0 bridgehead atoms. The van der Waals surface area contributed by atoms with Gasteiger partial charge in [0.15, 0.2) is 5.82 Å². The van der Waals surface area contributed by atoms with Crippen molar-refractivity contribution >= 4 is 23.5 Å². The van der Waals surface area contributed by atoms with E-state index >= 15 is 0 Å². The number of nitrogens with zero attached hydrogens (tertiary/aromatic N) is 5. The topological polar surface area (TPSA) is 90.0 Å². The van der Waals surface area contributed by atoms with Gasteiger partial charge in [0.25, 0.3) is 5.92 Å². The molecule has 0 spiro atoms. The highest BCUT2D eigenvalue weighted by Gasteiger charge is 2.48. The molecule has 2 aliphatic carbocycles. The lowest BCUT2D eigenvalue weighted by molar-refractivity contribution is -0.142. The number of fused-ring (bicyclic) bond motifs is 1. The molecular weight excluding hydrogens is 464 g/mol. The minimum atomic E-state index is -2.68. The van der Waals surface area contributed by atoms with E-state index in [9.17, 15) is 13.6 Å². The zero-order valence-corrected chi connectivity index (χ0v) is 21.0. The summed E-state index contributed by atoms with van der Waals surface area (Å²) in [5.41, 5.74) is 2.48. The number of hydrogen-bond acceptors (Lipinski definition) is 6. The summed E-state index contributed by atoms with van der Waals surface area (Å²) in [4.78, 5) is 27.1. The quantitative estimate of drug-likeness (QED) is 0.620. The molecule has 1 atom stereocenters. The predicted molar refractivity (Wildman–Crippen MR) is 133 cm³/mol. The summed E-state index contributed by atoms with van der Waals surface area (Å²) >= 11 is 0. The summed E-state index contributed by atoms with van der Waals surface area (Å²) in [6, 6.07) is 2.09. The number of alkyl halides is 2. The highest BCUT2D eigenvalue weighted by Crippen LogP contribution is 2.39. The molecule has 8 nitrogen and oxygen atoms in total. The highest BCUT2D eigenvalue weighted by atomic mass is 19.3. The van der Waals surface area contributed by atoms with Gasteiger partial charge in [0.1, 0.15) is 11.4 Å². The first kappa shape index (κ1) is 23.6. The van der Waals surface area contributed by atoms with Crippen molar-refractivity contribution in [2.75, 3.05) is 29.9 Å². The number of nitrogens with one attached hydrogen (secondary N) is 2. The van der Waals surface area contributed by atoms with E-state index in [-0.39, 0.29) is 31.8 Å². The monoisotopic (exact) mass is 499 g/mol. The van der Waals surface area contributed by atoms with Crippen molar-refractivity contribution in [3.63, 3.8) is 0 Å². The van der Waals surface area contributed by atoms with E-state index in [1.165, 1.54) is 31.4 Å². The van der Waals surface area contributed by atoms with E-state index in [0.29, 0.717) is 24.8 Å². The molecule has 1 saturated carbocycles. The van der Waals surface area contributed by atoms with Gasteiger partial charge in [-0.2, -0.15) is 10.1 Å². The standard InChI is InChI=1S/C26H35F2N7O/c1-25(23(36)34-14-11-26(27,28)12-15-34)10-5-13-35(25)24-29-19-9-4-8-18(19)22(31-24)30-21-16-20(32-33-21)17-6-2-3-7-17/h16-17H,2-15H2,1H3,(H2,29,30,31,32,33). The SMILES string of the molecule is CC1(C(=O)N2CCC(F)(F)CC2)CCCN1c1nc2c(c(Nc3cc(C4CCCC4)[nH]n3)n1)CCC2. The maximum atomic E-state index is 13.7. The minimum absolute atomic E-state index is 0.0929. The van der Waals surface area contributed by atoms with Crippen LogP contribution in [0.4, 0.5) is 26.4 Å². The molecule has 2 aliphatic heterocycles. The van der Waals surface area contributed by atoms with Crippen LogP contribution in [0, 0.1) is 0 Å². The van der Waals surface area contributed by atoms with E-state index in [1.807, 2.05) is 11.8 Å². The van der Waals surface area contributed by atoms with Crippen molar-refractivity contribution in [1.82, 2.24) is 25.1 Å². The van der Waals surface area contributed by atoms with Crippen LogP contribution in [0.5, 0.6) is 0 Å². The molecule has 4 heterocycles. The number of aromatic amines is 1. The van der Waals surface area contributed by atoms with Crippen LogP contribution in [0.25, 0.3) is 0 Å². The smallest absolute Gasteiger partial charge is 0.251 e. The van der Waals surface area contributed by atoms with Gasteiger partial charge in [-0.15, -0.1) is 0 Å². The average Bonchev–Trinajstić information content (AvgIpc) is 3.65. The summed E-state index contributed by atoms with van der Waals surface area (Å²) in [6.07, 6.45) is 8.69. The number of H-pyrrole nitrogens is 1. The summed E-state index contributed by atoms with van der Waals surface area (Å²) in [6.45, 7) is 2.77. The number of halogens is 2. The lowest BCUT2D eigenvalue weighted by atomic mass is 9.95. The summed E-state index contributed by atoms with van der Waals surface area (Å²) in [5.74, 6) is -0.170. The molecule has 36 heavy (non-hydrogen) atoms. The van der Waals surface area contributed by atoms with Gasteiger partial charge in [0.2, 0.25) is 11.9 Å². The zero-order chi connectivity index (χ0) is 24.9. The molecular formula is C26H35F2N7O. The predicted octanol–water partition coefficient (Wildman–Crippen LogP) is 4.71. The molecule has 2 N–H and O–H groups in total. The fourth-order valence-corrected chi connectivity index (χ4v) is 6.50. The summed E-state index contributed by atoms with van der Waals surface area (Å²) < 4.78 is 27.4. The Balaban J connectivity index is 1.26. The Morgan fingerprint density at radius 3 is 2.61 bits per heavy atom. The van der Waals surface area contributed by atoms with Crippen LogP contribution < -0.4 is 10.2 Å². The largest absolute Gasteiger partial charge is 0.340 e. The minimum Gasteiger partial charge on any atom is -0.340 e. The van der Waals surface area contributed by atoms with E-state index in [0.717, 1.165) is 48.6 Å². The molecule has 194 valence electrons. The zero-order valence-electron chi connectivity index (χ0n) is 21.0. The van der Waals surface area contributed by atoms with Crippen LogP contribution in [0.3, 0.4) is 0 Å². The van der Waals surface area contributed by atoms with E-state index < -0.39 is 11.5 Å². The number of amides is 1. The molecule has 1 unspecified atom stereocenters. The van der Waals surface area contributed by atoms with Gasteiger partial charge in [-0.1, -0.05) is 12.8 Å². The van der Waals surface area contributed by atoms with E-state index in [1.54, 1.807) is 4.90 Å². The van der Waals surface area contributed by atoms with Crippen molar-refractivity contribution in [3.05, 3.63) is 23.0 Å². The lowest BCUT2D eigenvalue weighted by Crippen LogP contribution is -2.57. The summed E-state index contributed by atoms with van der Waals surface area (Å²) in [7, 11) is 0. The second-order valence-electron chi connectivity index (χ2n) is 11.1. The van der Waals surface area contributed by atoms with E-state index in [4.69, 9.17) is 9.97 Å². The summed E-state index contributed by atoms with van der Waals surface area (Å²) in [5, 5.41) is 11.2. The Morgan fingerprint density at radius 2 is 1.83 bits per heavy atom. The molecule has 6 rings (SSSR count). The first-order valence-electron chi connectivity index (χ1n) is 13.5. The number of rotatable bonds is 5. The highest BCUT2D eigenvalue weighted by molar-refractivity contribution is 5.90. The molecule has 2 saturated heterocycles. The van der Waals surface area contributed by atoms with Crippen LogP contribution in [0.2, 0.25) is 0 Å². The van der Waals surface area contributed by atoms with Crippen molar-refractivity contribution in [1.29, 1.82) is 0 Å². The van der Waals surface area contributed by atoms with Crippen LogP contribution in [-0.4, -0.2) is 62.1 Å². The maximum Gasteiger partial charge on any atom is 0.251 e. The van der Waals surface area contributed by atoms with Crippen LogP contribution in [0.1, 0.15) is 87.6 Å². The fraction of sp³-hybridized carbons (Fsp3) is 0.692. The molecule has 2 aromatic heterocycles. The van der Waals surface area contributed by atoms with Crippen molar-refractivity contribution in [2.45, 2.75) is 94.9 Å². The normalized spacial score (nSPS) is 26.0. The third-order valence-corrected chi connectivity index (χ3v) is 8.69. The van der Waals surface area contributed by atoms with Gasteiger partial charge in [-0.3, -0.25) is 9.89 Å². The molecule has 0 aromatic carbocycles. The number of carbonyl (C=O) groups is 1. The van der Waals surface area contributed by atoms with Gasteiger partial charge in [0.05, 0.1) is 5.69 Å². The Hall–Kier alpha value is -2.78. The third-order valence-electron chi connectivity index (χ3n) is 8.69. The van der Waals surface area contributed by atoms with Crippen LogP contribution in [0.15, 0.2) is 6.07 Å². The van der Waals surface area contributed by atoms with E-state index in [2.05, 4.69) is 21.6 Å². The van der Waals surface area contributed by atoms with Gasteiger partial charge >= 0.3 is 0 Å². The number of aryl methyl sites for hydroxylation is 1. The van der Waals surface area contributed by atoms with Gasteiger partial charge < -0.3 is 15.1 Å². The molecule has 10 heteroatoms. The number of piperidine rings is 1. The first-order chi connectivity index (χ1) is 17.3. The van der Waals surface area contributed by atoms with Crippen LogP contribution in [-0.2, 0) is 17.6 Å². The second-order valence-corrected chi connectivity index (χ2v) is 11.1. The van der Waals surface area contributed by atoms with Gasteiger partial charge in [-0.25, -0.2) is 13.8 Å². The average molecular weight is 500 g/mol. The first-order valence-corrected chi connectivity index (χ1v) is 13.5. The van der Waals surface area contributed by atoms with Crippen molar-refractivity contribution in [3.8, 4) is 0 Å². The number of hydrogen-bond donors (Lipinski definition) is 2. The fourth-order valence-electron chi connectivity index (χ4n) is 6.50. The van der Waals surface area contributed by atoms with Crippen molar-refractivity contribution in [2.24, 2.45) is 0 Å². The van der Waals surface area contributed by atoms with Crippen molar-refractivity contribution < 1.29 is 13.6 Å². The molecule has 3 fully saturated rings. The van der Waals surface area contributed by atoms with Gasteiger partial charge in [-0.05, 0) is 51.9 Å². The Bertz CT molecular complexity index is 1140.